The quantitative estimate of drug-likeness (QED) is 0.253. The summed E-state index contributed by atoms with van der Waals surface area (Å²) in [6.07, 6.45) is 0. The number of carbonyl (C=O) groups excluding carboxylic acids is 2. The van der Waals surface area contributed by atoms with Crippen LogP contribution in [0.25, 0.3) is 5.76 Å². The molecule has 0 bridgehead atoms. The third-order valence-electron chi connectivity index (χ3n) is 6.57. The molecular weight excluding hydrogens is 484 g/mol. The minimum absolute atomic E-state index is 0.00156. The van der Waals surface area contributed by atoms with Gasteiger partial charge in [0.05, 0.1) is 23.8 Å². The molecule has 196 valence electrons. The molecule has 1 atom stereocenters. The highest BCUT2D eigenvalue weighted by molar-refractivity contribution is 6.46. The van der Waals surface area contributed by atoms with Gasteiger partial charge < -0.3 is 24.7 Å². The summed E-state index contributed by atoms with van der Waals surface area (Å²) in [6.45, 7) is 4.28. The first kappa shape index (κ1) is 26.5. The van der Waals surface area contributed by atoms with Gasteiger partial charge in [0.15, 0.2) is 0 Å². The van der Waals surface area contributed by atoms with Gasteiger partial charge in [-0.25, -0.2) is 4.79 Å². The van der Waals surface area contributed by atoms with Crippen LogP contribution in [-0.4, -0.2) is 53.5 Å². The molecule has 1 heterocycles. The van der Waals surface area contributed by atoms with Crippen LogP contribution in [0.1, 0.15) is 45.6 Å². The number of hydrogen-bond donors (Lipinski definition) is 2. The topological polar surface area (TPSA) is 107 Å². The van der Waals surface area contributed by atoms with E-state index < -0.39 is 23.7 Å². The molecule has 1 saturated heterocycles. The Morgan fingerprint density at radius 3 is 2.13 bits per heavy atom. The number of carboxylic acids is 1. The van der Waals surface area contributed by atoms with Crippen LogP contribution in [0.4, 0.5) is 5.69 Å². The maximum atomic E-state index is 13.4. The molecule has 3 aromatic rings. The molecule has 0 saturated carbocycles. The Morgan fingerprint density at radius 1 is 0.947 bits per heavy atom. The fourth-order valence-electron chi connectivity index (χ4n) is 4.56. The number of anilines is 1. The summed E-state index contributed by atoms with van der Waals surface area (Å²) in [5, 5.41) is 20.6. The minimum atomic E-state index is -1.05. The monoisotopic (exact) mass is 514 g/mol. The van der Waals surface area contributed by atoms with E-state index in [2.05, 4.69) is 0 Å². The van der Waals surface area contributed by atoms with Crippen LogP contribution < -0.4 is 9.64 Å². The Morgan fingerprint density at radius 2 is 1.58 bits per heavy atom. The molecule has 8 heteroatoms. The van der Waals surface area contributed by atoms with Gasteiger partial charge in [0.1, 0.15) is 11.5 Å². The maximum Gasteiger partial charge on any atom is 0.335 e. The molecule has 0 radical (unpaired) electrons. The number of carbonyl (C=O) groups is 3. The molecule has 8 nitrogen and oxygen atoms in total. The van der Waals surface area contributed by atoms with Gasteiger partial charge in [-0.05, 0) is 73.0 Å². The Hall–Kier alpha value is -4.59. The molecule has 0 aliphatic carbocycles. The molecular formula is C30H30N2O6. The largest absolute Gasteiger partial charge is 0.507 e. The van der Waals surface area contributed by atoms with Crippen molar-refractivity contribution in [1.29, 1.82) is 0 Å². The summed E-state index contributed by atoms with van der Waals surface area (Å²) >= 11 is 0. The summed E-state index contributed by atoms with van der Waals surface area (Å²) in [6, 6.07) is 17.9. The molecule has 2 N–H and O–H groups in total. The first-order valence-electron chi connectivity index (χ1n) is 12.2. The van der Waals surface area contributed by atoms with Crippen molar-refractivity contribution in [3.63, 3.8) is 0 Å². The van der Waals surface area contributed by atoms with Crippen molar-refractivity contribution >= 4 is 29.1 Å². The molecule has 38 heavy (non-hydrogen) atoms. The number of aliphatic hydroxyl groups excluding tert-OH is 1. The maximum absolute atomic E-state index is 13.4. The predicted molar refractivity (Wildman–Crippen MR) is 144 cm³/mol. The number of aromatic carboxylic acids is 1. The number of benzene rings is 3. The second-order valence-corrected chi connectivity index (χ2v) is 9.33. The number of hydrogen-bond acceptors (Lipinski definition) is 6. The lowest BCUT2D eigenvalue weighted by atomic mass is 9.94. The zero-order valence-electron chi connectivity index (χ0n) is 21.8. The van der Waals surface area contributed by atoms with Crippen molar-refractivity contribution in [2.75, 3.05) is 25.6 Å². The van der Waals surface area contributed by atoms with E-state index in [4.69, 9.17) is 4.74 Å². The first-order chi connectivity index (χ1) is 18.1. The number of nitrogens with zero attached hydrogens (tertiary/aromatic N) is 2. The number of Topliss-reactive ketones (excluding diaryl/α,β-unsaturated/α-hetero) is 1. The lowest BCUT2D eigenvalue weighted by Crippen LogP contribution is -2.29. The van der Waals surface area contributed by atoms with E-state index >= 15 is 0 Å². The Bertz CT molecular complexity index is 1410. The van der Waals surface area contributed by atoms with Crippen LogP contribution in [0.2, 0.25) is 0 Å². The van der Waals surface area contributed by atoms with E-state index in [1.165, 1.54) is 17.0 Å². The number of amides is 1. The van der Waals surface area contributed by atoms with Gasteiger partial charge in [-0.3, -0.25) is 9.59 Å². The Balaban J connectivity index is 1.82. The predicted octanol–water partition coefficient (Wildman–Crippen LogP) is 4.78. The number of aliphatic hydroxyl groups is 1. The Kier molecular flexibility index (Phi) is 7.52. The Labute approximate surface area is 221 Å². The lowest BCUT2D eigenvalue weighted by Gasteiger charge is -2.26. The highest BCUT2D eigenvalue weighted by Crippen LogP contribution is 2.41. The van der Waals surface area contributed by atoms with Crippen molar-refractivity contribution in [3.8, 4) is 5.75 Å². The summed E-state index contributed by atoms with van der Waals surface area (Å²) in [7, 11) is 3.83. The molecule has 0 aromatic heterocycles. The van der Waals surface area contributed by atoms with Gasteiger partial charge in [-0.15, -0.1) is 0 Å². The standard InChI is InChI=1S/C30H30N2O6/c1-5-38-24-15-12-22(16-18(24)2)27(33)25-26(20-10-13-23(14-11-20)31(3)4)32(29(35)28(25)34)17-19-6-8-21(9-7-19)30(36)37/h6-16,26,33H,5,17H2,1-4H3,(H,36,37)/b27-25-. The second kappa shape index (κ2) is 10.8. The summed E-state index contributed by atoms with van der Waals surface area (Å²) in [4.78, 5) is 41.3. The molecule has 4 rings (SSSR count). The van der Waals surface area contributed by atoms with E-state index in [-0.39, 0.29) is 23.4 Å². The minimum Gasteiger partial charge on any atom is -0.507 e. The number of rotatable bonds is 8. The highest BCUT2D eigenvalue weighted by atomic mass is 16.5. The number of ketones is 1. The molecule has 3 aromatic carbocycles. The highest BCUT2D eigenvalue weighted by Gasteiger charge is 2.46. The zero-order chi connectivity index (χ0) is 27.6. The van der Waals surface area contributed by atoms with Crippen molar-refractivity contribution in [1.82, 2.24) is 4.90 Å². The lowest BCUT2D eigenvalue weighted by molar-refractivity contribution is -0.140. The molecule has 1 fully saturated rings. The van der Waals surface area contributed by atoms with Crippen LogP contribution in [0.15, 0.2) is 72.3 Å². The van der Waals surface area contributed by atoms with Gasteiger partial charge in [-0.2, -0.15) is 0 Å². The SMILES string of the molecule is CCOc1ccc(/C(O)=C2/C(=O)C(=O)N(Cc3ccc(C(=O)O)cc3)C2c2ccc(N(C)C)cc2)cc1C. The molecule has 1 aliphatic heterocycles. The van der Waals surface area contributed by atoms with Crippen LogP contribution in [-0.2, 0) is 16.1 Å². The molecule has 1 aliphatic rings. The van der Waals surface area contributed by atoms with Gasteiger partial charge in [0.25, 0.3) is 11.7 Å². The fraction of sp³-hybridized carbons (Fsp3) is 0.233. The van der Waals surface area contributed by atoms with Gasteiger partial charge in [0, 0.05) is 31.9 Å². The van der Waals surface area contributed by atoms with Crippen LogP contribution >= 0.6 is 0 Å². The molecule has 0 spiro atoms. The average Bonchev–Trinajstić information content (AvgIpc) is 3.14. The van der Waals surface area contributed by atoms with Crippen molar-refractivity contribution in [2.24, 2.45) is 0 Å². The van der Waals surface area contributed by atoms with Crippen molar-refractivity contribution in [3.05, 3.63) is 100 Å². The van der Waals surface area contributed by atoms with E-state index in [1.54, 1.807) is 30.3 Å². The summed E-state index contributed by atoms with van der Waals surface area (Å²) in [5.74, 6) is -2.16. The van der Waals surface area contributed by atoms with Gasteiger partial charge >= 0.3 is 5.97 Å². The summed E-state index contributed by atoms with van der Waals surface area (Å²) in [5.41, 5.74) is 3.58. The zero-order valence-corrected chi connectivity index (χ0v) is 21.8. The molecule has 1 unspecified atom stereocenters. The second-order valence-electron chi connectivity index (χ2n) is 9.33. The van der Waals surface area contributed by atoms with E-state index in [0.29, 0.717) is 29.0 Å². The smallest absolute Gasteiger partial charge is 0.335 e. The fourth-order valence-corrected chi connectivity index (χ4v) is 4.56. The van der Waals surface area contributed by atoms with E-state index in [0.717, 1.165) is 11.3 Å². The molecule has 1 amide bonds. The van der Waals surface area contributed by atoms with Crippen LogP contribution in [0.5, 0.6) is 5.75 Å². The third-order valence-corrected chi connectivity index (χ3v) is 6.57. The third kappa shape index (κ3) is 5.11. The van der Waals surface area contributed by atoms with Gasteiger partial charge in [0.2, 0.25) is 0 Å². The van der Waals surface area contributed by atoms with Gasteiger partial charge in [-0.1, -0.05) is 24.3 Å². The van der Waals surface area contributed by atoms with Crippen molar-refractivity contribution < 1.29 is 29.3 Å². The number of ether oxygens (including phenoxy) is 1. The normalized spacial score (nSPS) is 16.5. The number of carboxylic acid groups (broad SMARTS) is 1. The van der Waals surface area contributed by atoms with Crippen LogP contribution in [0, 0.1) is 6.92 Å². The average molecular weight is 515 g/mol. The van der Waals surface area contributed by atoms with E-state index in [9.17, 15) is 24.6 Å². The first-order valence-corrected chi connectivity index (χ1v) is 12.2. The number of aryl methyl sites for hydroxylation is 1. The van der Waals surface area contributed by atoms with E-state index in [1.807, 2.05) is 57.1 Å². The summed E-state index contributed by atoms with van der Waals surface area (Å²) < 4.78 is 5.59. The van der Waals surface area contributed by atoms with Crippen LogP contribution in [0.3, 0.4) is 0 Å². The van der Waals surface area contributed by atoms with Crippen molar-refractivity contribution in [2.45, 2.75) is 26.4 Å². The number of likely N-dealkylation sites (tertiary alicyclic amines) is 1.